The fourth-order valence-electron chi connectivity index (χ4n) is 1.99. The number of carbonyl (C=O) groups is 1. The Morgan fingerprint density at radius 2 is 2.40 bits per heavy atom. The van der Waals surface area contributed by atoms with E-state index in [1.807, 2.05) is 13.8 Å². The fourth-order valence-corrected chi connectivity index (χ4v) is 1.99. The van der Waals surface area contributed by atoms with Gasteiger partial charge in [0.25, 0.3) is 0 Å². The first kappa shape index (κ1) is 14.7. The van der Waals surface area contributed by atoms with E-state index in [1.165, 1.54) is 0 Å². The zero-order chi connectivity index (χ0) is 14.8. The van der Waals surface area contributed by atoms with Gasteiger partial charge in [0.05, 0.1) is 24.7 Å². The van der Waals surface area contributed by atoms with Crippen LogP contribution in [0.2, 0.25) is 0 Å². The molecular weight excluding hydrogens is 258 g/mol. The molecule has 2 rings (SSSR count). The quantitative estimate of drug-likeness (QED) is 0.864. The summed E-state index contributed by atoms with van der Waals surface area (Å²) in [4.78, 5) is 16.6. The second kappa shape index (κ2) is 5.76. The van der Waals surface area contributed by atoms with Crippen molar-refractivity contribution in [2.75, 3.05) is 18.5 Å². The molecule has 0 aliphatic carbocycles. The number of ether oxygens (including phenoxy) is 2. The molecule has 1 saturated heterocycles. The highest BCUT2D eigenvalue weighted by atomic mass is 16.5. The Bertz CT molecular complexity index is 492. The molecule has 1 aliphatic rings. The molecule has 0 saturated carbocycles. The maximum atomic E-state index is 12.4. The molecule has 3 N–H and O–H groups in total. The Kier molecular flexibility index (Phi) is 4.25. The van der Waals surface area contributed by atoms with Gasteiger partial charge < -0.3 is 20.5 Å². The first-order valence-electron chi connectivity index (χ1n) is 6.70. The summed E-state index contributed by atoms with van der Waals surface area (Å²) in [5.74, 6) is 0.232. The second-order valence-electron chi connectivity index (χ2n) is 5.52. The van der Waals surface area contributed by atoms with Crippen LogP contribution in [0.5, 0.6) is 5.88 Å². The van der Waals surface area contributed by atoms with Gasteiger partial charge in [0.15, 0.2) is 0 Å². The Labute approximate surface area is 118 Å². The number of pyridine rings is 1. The van der Waals surface area contributed by atoms with Gasteiger partial charge in [0.1, 0.15) is 5.69 Å². The molecule has 0 radical (unpaired) electrons. The molecule has 0 spiro atoms. The van der Waals surface area contributed by atoms with Crippen molar-refractivity contribution in [3.63, 3.8) is 0 Å². The van der Waals surface area contributed by atoms with Crippen LogP contribution in [-0.4, -0.2) is 36.3 Å². The second-order valence-corrected chi connectivity index (χ2v) is 5.52. The minimum Gasteiger partial charge on any atom is -0.473 e. The summed E-state index contributed by atoms with van der Waals surface area (Å²) in [5, 5.41) is 2.84. The molecule has 1 amide bonds. The fraction of sp³-hybridized carbons (Fsp3) is 0.571. The summed E-state index contributed by atoms with van der Waals surface area (Å²) in [5.41, 5.74) is 5.77. The number of nitrogens with one attached hydrogen (secondary N) is 1. The number of rotatable bonds is 4. The summed E-state index contributed by atoms with van der Waals surface area (Å²) in [6.45, 7) is 6.33. The van der Waals surface area contributed by atoms with Crippen molar-refractivity contribution >= 4 is 11.6 Å². The lowest BCUT2D eigenvalue weighted by atomic mass is 9.85. The molecular formula is C14H21N3O3. The Balaban J connectivity index is 2.16. The summed E-state index contributed by atoms with van der Waals surface area (Å²) in [6, 6.07) is 3.19. The molecule has 0 bridgehead atoms. The third-order valence-electron chi connectivity index (χ3n) is 3.40. The van der Waals surface area contributed by atoms with E-state index in [0.29, 0.717) is 24.8 Å². The first-order chi connectivity index (χ1) is 9.43. The summed E-state index contributed by atoms with van der Waals surface area (Å²) >= 11 is 0. The van der Waals surface area contributed by atoms with Crippen molar-refractivity contribution in [3.05, 3.63) is 18.3 Å². The standard InChI is InChI=1S/C14H21N3O3/c1-9(2)20-12-10(5-4-6-16-12)17-13(18)14(3)8-19-7-11(14)15/h4-6,9,11H,7-8,15H2,1-3H3,(H,17,18). The van der Waals surface area contributed by atoms with Gasteiger partial charge in [-0.1, -0.05) is 0 Å². The van der Waals surface area contributed by atoms with Crippen LogP contribution in [-0.2, 0) is 9.53 Å². The number of nitrogens with two attached hydrogens (primary N) is 1. The first-order valence-corrected chi connectivity index (χ1v) is 6.70. The third kappa shape index (κ3) is 2.91. The lowest BCUT2D eigenvalue weighted by molar-refractivity contribution is -0.125. The van der Waals surface area contributed by atoms with Crippen molar-refractivity contribution in [1.82, 2.24) is 4.98 Å². The van der Waals surface area contributed by atoms with E-state index < -0.39 is 5.41 Å². The topological polar surface area (TPSA) is 86.5 Å². The normalized spacial score (nSPS) is 25.8. The van der Waals surface area contributed by atoms with E-state index in [9.17, 15) is 4.79 Å². The smallest absolute Gasteiger partial charge is 0.238 e. The zero-order valence-electron chi connectivity index (χ0n) is 12.1. The molecule has 110 valence electrons. The average molecular weight is 279 g/mol. The van der Waals surface area contributed by atoms with Crippen LogP contribution in [0.1, 0.15) is 20.8 Å². The van der Waals surface area contributed by atoms with Crippen molar-refractivity contribution in [2.45, 2.75) is 32.9 Å². The van der Waals surface area contributed by atoms with Gasteiger partial charge in [0.2, 0.25) is 11.8 Å². The zero-order valence-corrected chi connectivity index (χ0v) is 12.1. The van der Waals surface area contributed by atoms with Gasteiger partial charge in [-0.05, 0) is 32.9 Å². The molecule has 6 heteroatoms. The number of hydrogen-bond acceptors (Lipinski definition) is 5. The van der Waals surface area contributed by atoms with Crippen LogP contribution in [0.4, 0.5) is 5.69 Å². The molecule has 2 atom stereocenters. The largest absolute Gasteiger partial charge is 0.473 e. The van der Waals surface area contributed by atoms with Gasteiger partial charge in [-0.25, -0.2) is 4.98 Å². The van der Waals surface area contributed by atoms with E-state index in [2.05, 4.69) is 10.3 Å². The average Bonchev–Trinajstić information content (AvgIpc) is 2.73. The number of anilines is 1. The molecule has 2 heterocycles. The van der Waals surface area contributed by atoms with Crippen LogP contribution in [0.3, 0.4) is 0 Å². The number of aromatic nitrogens is 1. The van der Waals surface area contributed by atoms with Gasteiger partial charge in [-0.3, -0.25) is 4.79 Å². The van der Waals surface area contributed by atoms with Crippen molar-refractivity contribution in [2.24, 2.45) is 11.1 Å². The highest BCUT2D eigenvalue weighted by molar-refractivity contribution is 5.96. The van der Waals surface area contributed by atoms with Crippen LogP contribution in [0.15, 0.2) is 18.3 Å². The lowest BCUT2D eigenvalue weighted by Gasteiger charge is -2.25. The van der Waals surface area contributed by atoms with E-state index in [-0.39, 0.29) is 18.1 Å². The molecule has 20 heavy (non-hydrogen) atoms. The highest BCUT2D eigenvalue weighted by Gasteiger charge is 2.44. The van der Waals surface area contributed by atoms with Gasteiger partial charge in [0, 0.05) is 12.2 Å². The van der Waals surface area contributed by atoms with E-state index >= 15 is 0 Å². The molecule has 1 aromatic heterocycles. The maximum Gasteiger partial charge on any atom is 0.238 e. The van der Waals surface area contributed by atoms with Crippen LogP contribution in [0.25, 0.3) is 0 Å². The summed E-state index contributed by atoms with van der Waals surface area (Å²) in [6.07, 6.45) is 1.60. The van der Waals surface area contributed by atoms with Gasteiger partial charge in [-0.15, -0.1) is 0 Å². The monoisotopic (exact) mass is 279 g/mol. The van der Waals surface area contributed by atoms with Crippen molar-refractivity contribution in [1.29, 1.82) is 0 Å². The molecule has 1 aromatic rings. The summed E-state index contributed by atoms with van der Waals surface area (Å²) < 4.78 is 10.9. The van der Waals surface area contributed by atoms with Crippen LogP contribution in [0, 0.1) is 5.41 Å². The van der Waals surface area contributed by atoms with E-state index in [4.69, 9.17) is 15.2 Å². The molecule has 1 aliphatic heterocycles. The van der Waals surface area contributed by atoms with Gasteiger partial charge >= 0.3 is 0 Å². The maximum absolute atomic E-state index is 12.4. The highest BCUT2D eigenvalue weighted by Crippen LogP contribution is 2.30. The lowest BCUT2D eigenvalue weighted by Crippen LogP contribution is -2.47. The molecule has 0 aromatic carbocycles. The van der Waals surface area contributed by atoms with E-state index in [1.54, 1.807) is 25.3 Å². The number of carbonyl (C=O) groups excluding carboxylic acids is 1. The predicted molar refractivity (Wildman–Crippen MR) is 75.5 cm³/mol. The molecule has 6 nitrogen and oxygen atoms in total. The van der Waals surface area contributed by atoms with Crippen LogP contribution >= 0.6 is 0 Å². The number of amides is 1. The molecule has 1 fully saturated rings. The van der Waals surface area contributed by atoms with Gasteiger partial charge in [-0.2, -0.15) is 0 Å². The van der Waals surface area contributed by atoms with Crippen molar-refractivity contribution < 1.29 is 14.3 Å². The van der Waals surface area contributed by atoms with Crippen LogP contribution < -0.4 is 15.8 Å². The van der Waals surface area contributed by atoms with Crippen molar-refractivity contribution in [3.8, 4) is 5.88 Å². The van der Waals surface area contributed by atoms with E-state index in [0.717, 1.165) is 0 Å². The Hall–Kier alpha value is -1.66. The minimum absolute atomic E-state index is 0.0202. The summed E-state index contributed by atoms with van der Waals surface area (Å²) in [7, 11) is 0. The molecule has 2 unspecified atom stereocenters. The number of nitrogens with zero attached hydrogens (tertiary/aromatic N) is 1. The predicted octanol–water partition coefficient (Wildman–Crippen LogP) is 1.17. The Morgan fingerprint density at radius 3 is 3.00 bits per heavy atom. The third-order valence-corrected chi connectivity index (χ3v) is 3.40. The SMILES string of the molecule is CC(C)Oc1ncccc1NC(=O)C1(C)COCC1N. The Morgan fingerprint density at radius 1 is 1.65 bits per heavy atom. The minimum atomic E-state index is -0.731. The number of hydrogen-bond donors (Lipinski definition) is 2.